The number of ketones is 1. The maximum atomic E-state index is 13.4. The topological polar surface area (TPSA) is 33.2 Å². The predicted octanol–water partition coefficient (Wildman–Crippen LogP) is 3.76. The molecule has 0 amide bonds. The number of Topliss-reactive ketones (excluding diaryl/α,β-unsaturated/α-hetero) is 1. The van der Waals surface area contributed by atoms with Crippen LogP contribution in [0.15, 0.2) is 36.4 Å². The van der Waals surface area contributed by atoms with Gasteiger partial charge in [-0.3, -0.25) is 9.78 Å². The van der Waals surface area contributed by atoms with Crippen LogP contribution in [0, 0.1) is 12.7 Å². The normalized spacial score (nSPS) is 10.5. The van der Waals surface area contributed by atoms with Gasteiger partial charge >= 0.3 is 0 Å². The molecule has 0 aliphatic carbocycles. The van der Waals surface area contributed by atoms with Crippen molar-refractivity contribution in [2.75, 3.05) is 11.4 Å². The fraction of sp³-hybridized carbons (Fsp3) is 0.294. The molecule has 110 valence electrons. The molecule has 0 radical (unpaired) electrons. The van der Waals surface area contributed by atoms with Gasteiger partial charge in [0.2, 0.25) is 0 Å². The lowest BCUT2D eigenvalue weighted by molar-refractivity contribution is 0.101. The lowest BCUT2D eigenvalue weighted by atomic mass is 10.1. The van der Waals surface area contributed by atoms with Crippen LogP contribution < -0.4 is 4.90 Å². The molecular weight excluding hydrogens is 267 g/mol. The van der Waals surface area contributed by atoms with Crippen LogP contribution in [-0.4, -0.2) is 17.3 Å². The molecule has 3 nitrogen and oxygen atoms in total. The highest BCUT2D eigenvalue weighted by Gasteiger charge is 2.15. The van der Waals surface area contributed by atoms with Crippen LogP contribution in [0.2, 0.25) is 0 Å². The number of aromatic nitrogens is 1. The fourth-order valence-electron chi connectivity index (χ4n) is 2.32. The summed E-state index contributed by atoms with van der Waals surface area (Å²) in [5.74, 6) is -0.533. The van der Waals surface area contributed by atoms with E-state index in [9.17, 15) is 9.18 Å². The van der Waals surface area contributed by atoms with Gasteiger partial charge < -0.3 is 4.90 Å². The Morgan fingerprint density at radius 3 is 2.67 bits per heavy atom. The van der Waals surface area contributed by atoms with Crippen molar-refractivity contribution >= 4 is 11.5 Å². The van der Waals surface area contributed by atoms with E-state index in [0.717, 1.165) is 17.1 Å². The molecular formula is C17H19FN2O. The third-order valence-electron chi connectivity index (χ3n) is 3.36. The summed E-state index contributed by atoms with van der Waals surface area (Å²) in [4.78, 5) is 18.2. The number of anilines is 1. The van der Waals surface area contributed by atoms with Gasteiger partial charge in [0.15, 0.2) is 5.78 Å². The summed E-state index contributed by atoms with van der Waals surface area (Å²) in [6.07, 6.45) is 0. The minimum atomic E-state index is -0.395. The molecule has 2 aromatic rings. The largest absolute Gasteiger partial charge is 0.365 e. The molecule has 0 aliphatic rings. The summed E-state index contributed by atoms with van der Waals surface area (Å²) < 4.78 is 13.4. The smallest absolute Gasteiger partial charge is 0.161 e. The Morgan fingerprint density at radius 1 is 1.29 bits per heavy atom. The molecule has 21 heavy (non-hydrogen) atoms. The Hall–Kier alpha value is -2.23. The molecule has 1 aromatic carbocycles. The number of aryl methyl sites for hydroxylation is 1. The van der Waals surface area contributed by atoms with E-state index in [2.05, 4.69) is 4.98 Å². The third kappa shape index (κ3) is 3.66. The van der Waals surface area contributed by atoms with Crippen molar-refractivity contribution < 1.29 is 9.18 Å². The van der Waals surface area contributed by atoms with Gasteiger partial charge in [-0.05, 0) is 51.1 Å². The summed E-state index contributed by atoms with van der Waals surface area (Å²) in [7, 11) is 0. The van der Waals surface area contributed by atoms with Gasteiger partial charge in [0.1, 0.15) is 5.82 Å². The molecule has 0 saturated heterocycles. The Kier molecular flexibility index (Phi) is 4.68. The predicted molar refractivity (Wildman–Crippen MR) is 82.1 cm³/mol. The first kappa shape index (κ1) is 15.2. The summed E-state index contributed by atoms with van der Waals surface area (Å²) in [6, 6.07) is 10.2. The fourth-order valence-corrected chi connectivity index (χ4v) is 2.32. The number of hydrogen-bond donors (Lipinski definition) is 0. The van der Waals surface area contributed by atoms with E-state index in [1.54, 1.807) is 6.07 Å². The minimum Gasteiger partial charge on any atom is -0.365 e. The number of nitrogens with zero attached hydrogens (tertiary/aromatic N) is 2. The molecule has 0 saturated carbocycles. The molecule has 4 heteroatoms. The van der Waals surface area contributed by atoms with Gasteiger partial charge in [-0.25, -0.2) is 4.39 Å². The monoisotopic (exact) mass is 286 g/mol. The Bertz CT molecular complexity index is 655. The summed E-state index contributed by atoms with van der Waals surface area (Å²) in [5.41, 5.74) is 3.03. The summed E-state index contributed by atoms with van der Waals surface area (Å²) in [6.45, 7) is 6.70. The molecule has 1 aromatic heterocycles. The molecule has 0 bridgehead atoms. The van der Waals surface area contributed by atoms with Gasteiger partial charge in [0, 0.05) is 23.5 Å². The van der Waals surface area contributed by atoms with Crippen LogP contribution in [0.5, 0.6) is 0 Å². The van der Waals surface area contributed by atoms with E-state index in [-0.39, 0.29) is 5.78 Å². The Balaban J connectivity index is 2.35. The van der Waals surface area contributed by atoms with Crippen LogP contribution >= 0.6 is 0 Å². The first-order valence-electron chi connectivity index (χ1n) is 6.99. The van der Waals surface area contributed by atoms with Crippen molar-refractivity contribution in [2.24, 2.45) is 0 Å². The highest BCUT2D eigenvalue weighted by Crippen LogP contribution is 2.23. The number of benzene rings is 1. The van der Waals surface area contributed by atoms with Crippen molar-refractivity contribution in [3.05, 3.63) is 59.2 Å². The van der Waals surface area contributed by atoms with Gasteiger partial charge in [0.25, 0.3) is 0 Å². The number of pyridine rings is 1. The van der Waals surface area contributed by atoms with Crippen molar-refractivity contribution in [2.45, 2.75) is 27.3 Å². The van der Waals surface area contributed by atoms with Crippen molar-refractivity contribution in [3.63, 3.8) is 0 Å². The third-order valence-corrected chi connectivity index (χ3v) is 3.36. The SMILES string of the molecule is CCN(Cc1cccc(C)n1)c1ccc(F)cc1C(C)=O. The van der Waals surface area contributed by atoms with Gasteiger partial charge in [-0.15, -0.1) is 0 Å². The molecule has 0 fully saturated rings. The van der Waals surface area contributed by atoms with E-state index in [4.69, 9.17) is 0 Å². The lowest BCUT2D eigenvalue weighted by Crippen LogP contribution is -2.24. The Morgan fingerprint density at radius 2 is 2.05 bits per heavy atom. The summed E-state index contributed by atoms with van der Waals surface area (Å²) >= 11 is 0. The average molecular weight is 286 g/mol. The highest BCUT2D eigenvalue weighted by molar-refractivity contribution is 5.99. The number of hydrogen-bond acceptors (Lipinski definition) is 3. The van der Waals surface area contributed by atoms with Crippen LogP contribution in [0.4, 0.5) is 10.1 Å². The van der Waals surface area contributed by atoms with E-state index in [0.29, 0.717) is 18.7 Å². The zero-order chi connectivity index (χ0) is 15.4. The summed E-state index contributed by atoms with van der Waals surface area (Å²) in [5, 5.41) is 0. The average Bonchev–Trinajstić information content (AvgIpc) is 2.45. The van der Waals surface area contributed by atoms with E-state index in [1.807, 2.05) is 36.9 Å². The highest BCUT2D eigenvalue weighted by atomic mass is 19.1. The maximum Gasteiger partial charge on any atom is 0.161 e. The lowest BCUT2D eigenvalue weighted by Gasteiger charge is -2.25. The standard InChI is InChI=1S/C17H19FN2O/c1-4-20(11-15-7-5-6-12(2)19-15)17-9-8-14(18)10-16(17)13(3)21/h5-10H,4,11H2,1-3H3. The van der Waals surface area contributed by atoms with Crippen LogP contribution in [0.25, 0.3) is 0 Å². The Labute approximate surface area is 124 Å². The second-order valence-corrected chi connectivity index (χ2v) is 5.00. The van der Waals surface area contributed by atoms with E-state index >= 15 is 0 Å². The first-order valence-corrected chi connectivity index (χ1v) is 6.99. The maximum absolute atomic E-state index is 13.4. The molecule has 1 heterocycles. The van der Waals surface area contributed by atoms with Crippen molar-refractivity contribution in [1.82, 2.24) is 4.98 Å². The second-order valence-electron chi connectivity index (χ2n) is 5.00. The second kappa shape index (κ2) is 6.48. The van der Waals surface area contributed by atoms with E-state index in [1.165, 1.54) is 19.1 Å². The van der Waals surface area contributed by atoms with Crippen molar-refractivity contribution in [1.29, 1.82) is 0 Å². The minimum absolute atomic E-state index is 0.139. The van der Waals surface area contributed by atoms with Gasteiger partial charge in [-0.2, -0.15) is 0 Å². The van der Waals surface area contributed by atoms with Crippen LogP contribution in [0.3, 0.4) is 0 Å². The molecule has 2 rings (SSSR count). The van der Waals surface area contributed by atoms with E-state index < -0.39 is 5.82 Å². The molecule has 0 spiro atoms. The molecule has 0 N–H and O–H groups in total. The number of carbonyl (C=O) groups is 1. The number of rotatable bonds is 5. The number of carbonyl (C=O) groups excluding carboxylic acids is 1. The molecule has 0 atom stereocenters. The first-order chi connectivity index (χ1) is 10.0. The number of halogens is 1. The molecule has 0 aliphatic heterocycles. The quantitative estimate of drug-likeness (QED) is 0.785. The zero-order valence-electron chi connectivity index (χ0n) is 12.6. The van der Waals surface area contributed by atoms with Gasteiger partial charge in [-0.1, -0.05) is 6.07 Å². The van der Waals surface area contributed by atoms with Crippen LogP contribution in [-0.2, 0) is 6.54 Å². The van der Waals surface area contributed by atoms with Gasteiger partial charge in [0.05, 0.1) is 12.2 Å². The van der Waals surface area contributed by atoms with Crippen LogP contribution in [0.1, 0.15) is 35.6 Å². The molecule has 0 unspecified atom stereocenters. The zero-order valence-corrected chi connectivity index (χ0v) is 12.6. The van der Waals surface area contributed by atoms with Crippen molar-refractivity contribution in [3.8, 4) is 0 Å².